The van der Waals surface area contributed by atoms with Gasteiger partial charge in [0, 0.05) is 5.41 Å². The van der Waals surface area contributed by atoms with Crippen molar-refractivity contribution in [2.75, 3.05) is 6.54 Å². The van der Waals surface area contributed by atoms with Crippen molar-refractivity contribution >= 4 is 12.2 Å². The molecule has 0 saturated carbocycles. The standard InChI is InChI=1S/C11H10N2O2/c1-11(7-12-8-14)5-2-3-10(4-6-11)13-9-15/h2-6H,7H2,1H3. The molecule has 0 saturated heterocycles. The third-order valence-corrected chi connectivity index (χ3v) is 2.04. The van der Waals surface area contributed by atoms with E-state index in [0.717, 1.165) is 0 Å². The molecule has 0 heterocycles. The molecule has 0 bridgehead atoms. The predicted molar refractivity (Wildman–Crippen MR) is 55.6 cm³/mol. The van der Waals surface area contributed by atoms with Crippen molar-refractivity contribution in [1.29, 1.82) is 0 Å². The average Bonchev–Trinajstić information content (AvgIpc) is 2.40. The second-order valence-corrected chi connectivity index (χ2v) is 3.40. The summed E-state index contributed by atoms with van der Waals surface area (Å²) >= 11 is 0. The Labute approximate surface area is 87.4 Å². The van der Waals surface area contributed by atoms with Gasteiger partial charge in [-0.1, -0.05) is 25.2 Å². The highest BCUT2D eigenvalue weighted by molar-refractivity contribution is 5.42. The first-order valence-corrected chi connectivity index (χ1v) is 4.40. The van der Waals surface area contributed by atoms with Gasteiger partial charge < -0.3 is 0 Å². The van der Waals surface area contributed by atoms with E-state index < -0.39 is 0 Å². The fourth-order valence-corrected chi connectivity index (χ4v) is 1.19. The van der Waals surface area contributed by atoms with E-state index in [1.807, 2.05) is 19.1 Å². The van der Waals surface area contributed by atoms with E-state index in [1.165, 1.54) is 12.2 Å². The zero-order chi connectivity index (χ0) is 11.1. The Kier molecular flexibility index (Phi) is 3.69. The third-order valence-electron chi connectivity index (χ3n) is 2.04. The monoisotopic (exact) mass is 202 g/mol. The molecule has 0 amide bonds. The van der Waals surface area contributed by atoms with E-state index >= 15 is 0 Å². The number of aliphatic imine (C=N–C) groups is 2. The summed E-state index contributed by atoms with van der Waals surface area (Å²) in [5.41, 5.74) is 0.189. The molecule has 1 unspecified atom stereocenters. The van der Waals surface area contributed by atoms with Crippen LogP contribution < -0.4 is 0 Å². The SMILES string of the molecule is CC1(CN=C=O)C=CC=C(N=C=O)C=C1. The highest BCUT2D eigenvalue weighted by Gasteiger charge is 2.17. The quantitative estimate of drug-likeness (QED) is 0.516. The second kappa shape index (κ2) is 5.01. The minimum Gasteiger partial charge on any atom is -0.211 e. The van der Waals surface area contributed by atoms with Gasteiger partial charge in [0.2, 0.25) is 12.2 Å². The van der Waals surface area contributed by atoms with Crippen LogP contribution in [0.4, 0.5) is 0 Å². The van der Waals surface area contributed by atoms with E-state index in [2.05, 4.69) is 9.98 Å². The van der Waals surface area contributed by atoms with Crippen molar-refractivity contribution in [1.82, 2.24) is 0 Å². The summed E-state index contributed by atoms with van der Waals surface area (Å²) in [6.45, 7) is 2.25. The number of allylic oxidation sites excluding steroid dienone is 3. The predicted octanol–water partition coefficient (Wildman–Crippen LogP) is 1.67. The number of carbonyl (C=O) groups excluding carboxylic acids is 2. The van der Waals surface area contributed by atoms with Crippen molar-refractivity contribution in [2.24, 2.45) is 15.4 Å². The molecule has 1 atom stereocenters. The van der Waals surface area contributed by atoms with Crippen LogP contribution in [0.3, 0.4) is 0 Å². The molecule has 1 aliphatic rings. The van der Waals surface area contributed by atoms with Gasteiger partial charge in [-0.3, -0.25) is 0 Å². The summed E-state index contributed by atoms with van der Waals surface area (Å²) in [7, 11) is 0. The van der Waals surface area contributed by atoms with Gasteiger partial charge in [0.15, 0.2) is 0 Å². The van der Waals surface area contributed by atoms with Gasteiger partial charge in [0.1, 0.15) is 0 Å². The maximum absolute atomic E-state index is 10.1. The molecule has 4 nitrogen and oxygen atoms in total. The number of hydrogen-bond donors (Lipinski definition) is 0. The van der Waals surface area contributed by atoms with Crippen LogP contribution in [-0.2, 0) is 9.59 Å². The second-order valence-electron chi connectivity index (χ2n) is 3.40. The van der Waals surface area contributed by atoms with Gasteiger partial charge in [-0.25, -0.2) is 14.6 Å². The molecule has 1 aliphatic carbocycles. The lowest BCUT2D eigenvalue weighted by molar-refractivity contribution is 0.541. The molecule has 0 spiro atoms. The highest BCUT2D eigenvalue weighted by atomic mass is 16.1. The molecule has 1 rings (SSSR count). The highest BCUT2D eigenvalue weighted by Crippen LogP contribution is 2.24. The number of isocyanates is 2. The molecule has 0 fully saturated rings. The molecule has 0 aromatic heterocycles. The van der Waals surface area contributed by atoms with Gasteiger partial charge in [-0.2, -0.15) is 4.99 Å². The summed E-state index contributed by atoms with van der Waals surface area (Å²) in [5, 5.41) is 0. The van der Waals surface area contributed by atoms with Gasteiger partial charge >= 0.3 is 0 Å². The van der Waals surface area contributed by atoms with Crippen LogP contribution in [0.1, 0.15) is 6.92 Å². The molecule has 15 heavy (non-hydrogen) atoms. The Morgan fingerprint density at radius 3 is 2.80 bits per heavy atom. The first-order valence-electron chi connectivity index (χ1n) is 4.40. The summed E-state index contributed by atoms with van der Waals surface area (Å²) in [6.07, 6.45) is 11.9. The smallest absolute Gasteiger partial charge is 0.211 e. The largest absolute Gasteiger partial charge is 0.240 e. The molecule has 0 N–H and O–H groups in total. The lowest BCUT2D eigenvalue weighted by atomic mass is 9.90. The maximum atomic E-state index is 10.1. The van der Waals surface area contributed by atoms with Gasteiger partial charge in [-0.15, -0.1) is 0 Å². The van der Waals surface area contributed by atoms with Crippen molar-refractivity contribution < 1.29 is 9.59 Å². The Balaban J connectivity index is 2.89. The fraction of sp³-hybridized carbons (Fsp3) is 0.273. The summed E-state index contributed by atoms with van der Waals surface area (Å²) in [6, 6.07) is 0. The van der Waals surface area contributed by atoms with Gasteiger partial charge in [0.05, 0.1) is 12.2 Å². The number of hydrogen-bond acceptors (Lipinski definition) is 4. The molecule has 0 aromatic rings. The average molecular weight is 202 g/mol. The van der Waals surface area contributed by atoms with Gasteiger partial charge in [-0.05, 0) is 12.2 Å². The Hall–Kier alpha value is -2.02. The van der Waals surface area contributed by atoms with Crippen molar-refractivity contribution in [3.63, 3.8) is 0 Å². The Bertz CT molecular complexity index is 422. The van der Waals surface area contributed by atoms with Crippen LogP contribution in [0.25, 0.3) is 0 Å². The molecular formula is C11H10N2O2. The molecule has 0 aromatic carbocycles. The topological polar surface area (TPSA) is 58.9 Å². The molecule has 76 valence electrons. The molecule has 4 heteroatoms. The van der Waals surface area contributed by atoms with E-state index in [4.69, 9.17) is 0 Å². The van der Waals surface area contributed by atoms with Crippen molar-refractivity contribution in [2.45, 2.75) is 6.92 Å². The number of rotatable bonds is 3. The van der Waals surface area contributed by atoms with Crippen LogP contribution >= 0.6 is 0 Å². The Morgan fingerprint density at radius 1 is 1.33 bits per heavy atom. The minimum absolute atomic E-state index is 0.329. The van der Waals surface area contributed by atoms with Crippen molar-refractivity contribution in [3.8, 4) is 0 Å². The number of nitrogens with zero attached hydrogens (tertiary/aromatic N) is 2. The third kappa shape index (κ3) is 3.31. The summed E-state index contributed by atoms with van der Waals surface area (Å²) in [5.74, 6) is 0. The summed E-state index contributed by atoms with van der Waals surface area (Å²) < 4.78 is 0. The summed E-state index contributed by atoms with van der Waals surface area (Å²) in [4.78, 5) is 27.1. The van der Waals surface area contributed by atoms with E-state index in [0.29, 0.717) is 12.2 Å². The zero-order valence-corrected chi connectivity index (χ0v) is 8.30. The first kappa shape index (κ1) is 11.1. The first-order chi connectivity index (χ1) is 7.20. The zero-order valence-electron chi connectivity index (χ0n) is 8.30. The maximum Gasteiger partial charge on any atom is 0.240 e. The van der Waals surface area contributed by atoms with Gasteiger partial charge in [0.25, 0.3) is 0 Å². The Morgan fingerprint density at radius 2 is 2.13 bits per heavy atom. The van der Waals surface area contributed by atoms with Crippen LogP contribution in [0.2, 0.25) is 0 Å². The van der Waals surface area contributed by atoms with Crippen LogP contribution in [0.15, 0.2) is 46.1 Å². The normalized spacial score (nSPS) is 23.4. The fourth-order valence-electron chi connectivity index (χ4n) is 1.19. The molecule has 0 radical (unpaired) electrons. The lowest BCUT2D eigenvalue weighted by Crippen LogP contribution is -2.13. The van der Waals surface area contributed by atoms with Crippen LogP contribution in [-0.4, -0.2) is 18.7 Å². The van der Waals surface area contributed by atoms with Crippen LogP contribution in [0.5, 0.6) is 0 Å². The lowest BCUT2D eigenvalue weighted by Gasteiger charge is -2.16. The van der Waals surface area contributed by atoms with E-state index in [-0.39, 0.29) is 5.41 Å². The van der Waals surface area contributed by atoms with E-state index in [1.54, 1.807) is 18.2 Å². The molecule has 0 aliphatic heterocycles. The van der Waals surface area contributed by atoms with E-state index in [9.17, 15) is 9.59 Å². The van der Waals surface area contributed by atoms with Crippen LogP contribution in [0, 0.1) is 5.41 Å². The minimum atomic E-state index is -0.339. The van der Waals surface area contributed by atoms with Crippen molar-refractivity contribution in [3.05, 3.63) is 36.1 Å². The molecular weight excluding hydrogens is 192 g/mol.